The molecule has 1 N–H and O–H groups in total. The van der Waals surface area contributed by atoms with Gasteiger partial charge in [0.15, 0.2) is 5.82 Å². The maximum Gasteiger partial charge on any atom is 0.338 e. The van der Waals surface area contributed by atoms with Crippen molar-refractivity contribution in [1.82, 2.24) is 4.31 Å². The van der Waals surface area contributed by atoms with Crippen molar-refractivity contribution in [1.29, 1.82) is 0 Å². The standard InChI is InChI=1S/C13H15BrFNO4S/c1-8-3-2-4-16(7-8)21(19,20)11-6-9(14)5-10(12(11)15)13(17)18/h5-6,8H,2-4,7H2,1H3,(H,17,18). The quantitative estimate of drug-likeness (QED) is 0.875. The second-order valence-electron chi connectivity index (χ2n) is 5.18. The molecule has 1 unspecified atom stereocenters. The zero-order valence-corrected chi connectivity index (χ0v) is 13.7. The van der Waals surface area contributed by atoms with Gasteiger partial charge in [0.05, 0.1) is 5.56 Å². The summed E-state index contributed by atoms with van der Waals surface area (Å²) in [5.41, 5.74) is -0.659. The average molecular weight is 380 g/mol. The van der Waals surface area contributed by atoms with Gasteiger partial charge in [0.1, 0.15) is 4.90 Å². The van der Waals surface area contributed by atoms with E-state index in [1.165, 1.54) is 4.31 Å². The van der Waals surface area contributed by atoms with E-state index in [2.05, 4.69) is 15.9 Å². The maximum atomic E-state index is 14.2. The minimum Gasteiger partial charge on any atom is -0.478 e. The molecule has 5 nitrogen and oxygen atoms in total. The Balaban J connectivity index is 2.52. The van der Waals surface area contributed by atoms with Gasteiger partial charge in [-0.2, -0.15) is 4.31 Å². The number of nitrogens with zero attached hydrogens (tertiary/aromatic N) is 1. The van der Waals surface area contributed by atoms with Crippen molar-refractivity contribution in [3.05, 3.63) is 28.0 Å². The van der Waals surface area contributed by atoms with E-state index >= 15 is 0 Å². The SMILES string of the molecule is CC1CCCN(S(=O)(=O)c2cc(Br)cc(C(=O)O)c2F)C1. The van der Waals surface area contributed by atoms with Crippen LogP contribution in [0.1, 0.15) is 30.1 Å². The Kier molecular flexibility index (Phi) is 4.69. The molecule has 116 valence electrons. The molecule has 1 saturated heterocycles. The molecule has 1 fully saturated rings. The molecule has 1 aliphatic heterocycles. The first-order chi connectivity index (χ1) is 9.73. The average Bonchev–Trinajstić information content (AvgIpc) is 2.40. The molecule has 1 aliphatic rings. The fourth-order valence-electron chi connectivity index (χ4n) is 2.41. The van der Waals surface area contributed by atoms with Crippen molar-refractivity contribution in [2.45, 2.75) is 24.7 Å². The van der Waals surface area contributed by atoms with Crippen molar-refractivity contribution in [3.8, 4) is 0 Å². The molecule has 2 rings (SSSR count). The predicted molar refractivity (Wildman–Crippen MR) is 78.2 cm³/mol. The Bertz CT molecular complexity index is 677. The van der Waals surface area contributed by atoms with Crippen LogP contribution in [0.25, 0.3) is 0 Å². The number of carboxylic acids is 1. The third-order valence-corrected chi connectivity index (χ3v) is 5.79. The van der Waals surface area contributed by atoms with Crippen molar-refractivity contribution in [3.63, 3.8) is 0 Å². The Morgan fingerprint density at radius 3 is 2.71 bits per heavy atom. The Hall–Kier alpha value is -0.990. The van der Waals surface area contributed by atoms with Gasteiger partial charge in [-0.3, -0.25) is 0 Å². The molecule has 21 heavy (non-hydrogen) atoms. The molecule has 1 aromatic carbocycles. The number of sulfonamides is 1. The number of benzene rings is 1. The number of carboxylic acid groups (broad SMARTS) is 1. The van der Waals surface area contributed by atoms with E-state index in [1.54, 1.807) is 0 Å². The van der Waals surface area contributed by atoms with E-state index < -0.39 is 32.3 Å². The van der Waals surface area contributed by atoms with E-state index in [9.17, 15) is 17.6 Å². The van der Waals surface area contributed by atoms with Crippen LogP contribution >= 0.6 is 15.9 Å². The monoisotopic (exact) mass is 379 g/mol. The summed E-state index contributed by atoms with van der Waals surface area (Å²) in [6.45, 7) is 2.57. The molecule has 1 atom stereocenters. The molecule has 0 aliphatic carbocycles. The highest BCUT2D eigenvalue weighted by Gasteiger charge is 2.32. The summed E-state index contributed by atoms with van der Waals surface area (Å²) >= 11 is 3.03. The molecule has 0 aromatic heterocycles. The zero-order valence-electron chi connectivity index (χ0n) is 11.3. The predicted octanol–water partition coefficient (Wildman–Crippen LogP) is 2.71. The second kappa shape index (κ2) is 6.02. The lowest BCUT2D eigenvalue weighted by atomic mass is 10.0. The summed E-state index contributed by atoms with van der Waals surface area (Å²) < 4.78 is 40.8. The molecule has 0 bridgehead atoms. The van der Waals surface area contributed by atoms with E-state index in [4.69, 9.17) is 5.11 Å². The van der Waals surface area contributed by atoms with Gasteiger partial charge in [-0.25, -0.2) is 17.6 Å². The van der Waals surface area contributed by atoms with Crippen LogP contribution in [-0.2, 0) is 10.0 Å². The van der Waals surface area contributed by atoms with Crippen LogP contribution in [0, 0.1) is 11.7 Å². The Morgan fingerprint density at radius 2 is 2.14 bits per heavy atom. The van der Waals surface area contributed by atoms with Gasteiger partial charge in [0.25, 0.3) is 0 Å². The van der Waals surface area contributed by atoms with Crippen LogP contribution in [-0.4, -0.2) is 36.9 Å². The highest BCUT2D eigenvalue weighted by atomic mass is 79.9. The Labute approximate surface area is 130 Å². The third-order valence-electron chi connectivity index (χ3n) is 3.47. The zero-order chi connectivity index (χ0) is 15.8. The smallest absolute Gasteiger partial charge is 0.338 e. The minimum atomic E-state index is -4.04. The topological polar surface area (TPSA) is 74.7 Å². The lowest BCUT2D eigenvalue weighted by molar-refractivity contribution is 0.0691. The third kappa shape index (κ3) is 3.27. The first kappa shape index (κ1) is 16.4. The number of halogens is 2. The lowest BCUT2D eigenvalue weighted by Crippen LogP contribution is -2.39. The maximum absolute atomic E-state index is 14.2. The van der Waals surface area contributed by atoms with Gasteiger partial charge in [-0.1, -0.05) is 22.9 Å². The molecular formula is C13H15BrFNO4S. The highest BCUT2D eigenvalue weighted by Crippen LogP contribution is 2.29. The Morgan fingerprint density at radius 1 is 1.48 bits per heavy atom. The number of aromatic carboxylic acids is 1. The van der Waals surface area contributed by atoms with Crippen LogP contribution in [0.15, 0.2) is 21.5 Å². The van der Waals surface area contributed by atoms with Gasteiger partial charge in [0, 0.05) is 17.6 Å². The second-order valence-corrected chi connectivity index (χ2v) is 8.00. The fraction of sp³-hybridized carbons (Fsp3) is 0.462. The van der Waals surface area contributed by atoms with Gasteiger partial charge < -0.3 is 5.11 Å². The summed E-state index contributed by atoms with van der Waals surface area (Å²) in [7, 11) is -4.04. The number of hydrogen-bond acceptors (Lipinski definition) is 3. The molecular weight excluding hydrogens is 365 g/mol. The van der Waals surface area contributed by atoms with Crippen molar-refractivity contribution in [2.75, 3.05) is 13.1 Å². The van der Waals surface area contributed by atoms with Crippen LogP contribution in [0.2, 0.25) is 0 Å². The molecule has 1 heterocycles. The first-order valence-corrected chi connectivity index (χ1v) is 8.69. The van der Waals surface area contributed by atoms with Gasteiger partial charge in [0.2, 0.25) is 10.0 Å². The van der Waals surface area contributed by atoms with E-state index in [-0.39, 0.29) is 10.4 Å². The summed E-state index contributed by atoms with van der Waals surface area (Å²) in [4.78, 5) is 10.4. The minimum absolute atomic E-state index is 0.197. The van der Waals surface area contributed by atoms with Crippen LogP contribution in [0.4, 0.5) is 4.39 Å². The molecule has 0 saturated carbocycles. The molecule has 1 aromatic rings. The largest absolute Gasteiger partial charge is 0.478 e. The summed E-state index contributed by atoms with van der Waals surface area (Å²) in [5.74, 6) is -2.52. The first-order valence-electron chi connectivity index (χ1n) is 6.46. The molecule has 0 radical (unpaired) electrons. The van der Waals surface area contributed by atoms with E-state index in [1.807, 2.05) is 6.92 Å². The molecule has 8 heteroatoms. The van der Waals surface area contributed by atoms with Crippen molar-refractivity contribution >= 4 is 31.9 Å². The summed E-state index contributed by atoms with van der Waals surface area (Å²) in [5, 5.41) is 8.96. The summed E-state index contributed by atoms with van der Waals surface area (Å²) in [6, 6.07) is 2.16. The fourth-order valence-corrected chi connectivity index (χ4v) is 4.73. The van der Waals surface area contributed by atoms with E-state index in [0.29, 0.717) is 19.5 Å². The number of hydrogen-bond donors (Lipinski definition) is 1. The molecule has 0 amide bonds. The van der Waals surface area contributed by atoms with E-state index in [0.717, 1.165) is 18.6 Å². The molecule has 0 spiro atoms. The normalized spacial score (nSPS) is 20.4. The number of carbonyl (C=O) groups is 1. The lowest BCUT2D eigenvalue weighted by Gasteiger charge is -2.30. The number of rotatable bonds is 3. The van der Waals surface area contributed by atoms with Gasteiger partial charge in [-0.15, -0.1) is 0 Å². The summed E-state index contributed by atoms with van der Waals surface area (Å²) in [6.07, 6.45) is 1.63. The van der Waals surface area contributed by atoms with Crippen LogP contribution < -0.4 is 0 Å². The van der Waals surface area contributed by atoms with Crippen molar-refractivity contribution < 1.29 is 22.7 Å². The van der Waals surface area contributed by atoms with Crippen LogP contribution in [0.3, 0.4) is 0 Å². The van der Waals surface area contributed by atoms with Gasteiger partial charge >= 0.3 is 5.97 Å². The van der Waals surface area contributed by atoms with Crippen molar-refractivity contribution in [2.24, 2.45) is 5.92 Å². The highest BCUT2D eigenvalue weighted by molar-refractivity contribution is 9.10. The van der Waals surface area contributed by atoms with Gasteiger partial charge in [-0.05, 0) is 30.9 Å². The van der Waals surface area contributed by atoms with Crippen LogP contribution in [0.5, 0.6) is 0 Å². The number of piperidine rings is 1.